The van der Waals surface area contributed by atoms with Gasteiger partial charge in [0.2, 0.25) is 0 Å². The summed E-state index contributed by atoms with van der Waals surface area (Å²) in [4.78, 5) is 0. The minimum Gasteiger partial charge on any atom is -0.489 e. The predicted octanol–water partition coefficient (Wildman–Crippen LogP) is 3.03. The first-order chi connectivity index (χ1) is 8.22. The summed E-state index contributed by atoms with van der Waals surface area (Å²) in [7, 11) is 0. The molecule has 0 heterocycles. The van der Waals surface area contributed by atoms with E-state index in [-0.39, 0.29) is 0 Å². The summed E-state index contributed by atoms with van der Waals surface area (Å²) < 4.78 is 6.21. The Morgan fingerprint density at radius 2 is 1.94 bits per heavy atom. The molecular weight excluding hydrogens is 210 g/mol. The molecule has 2 fully saturated rings. The maximum absolute atomic E-state index is 6.22. The Kier molecular flexibility index (Phi) is 2.62. The molecule has 0 aliphatic heterocycles. The number of ether oxygens (including phenoxy) is 1. The van der Waals surface area contributed by atoms with E-state index >= 15 is 0 Å². The van der Waals surface area contributed by atoms with Gasteiger partial charge >= 0.3 is 0 Å². The summed E-state index contributed by atoms with van der Waals surface area (Å²) >= 11 is 0. The molecule has 2 aliphatic carbocycles. The predicted molar refractivity (Wildman–Crippen MR) is 69.1 cm³/mol. The van der Waals surface area contributed by atoms with Gasteiger partial charge in [-0.25, -0.2) is 0 Å². The second-order valence-electron chi connectivity index (χ2n) is 5.65. The third-order valence-electron chi connectivity index (χ3n) is 4.74. The van der Waals surface area contributed by atoms with E-state index in [9.17, 15) is 0 Å². The van der Waals surface area contributed by atoms with Crippen LogP contribution in [-0.4, -0.2) is 12.1 Å². The monoisotopic (exact) mass is 231 g/mol. The summed E-state index contributed by atoms with van der Waals surface area (Å²) in [6, 6.07) is 8.64. The molecular formula is C15H21NO. The van der Waals surface area contributed by atoms with Crippen molar-refractivity contribution in [2.75, 3.05) is 0 Å². The molecule has 3 rings (SSSR count). The summed E-state index contributed by atoms with van der Waals surface area (Å²) in [6.45, 7) is 2.11. The van der Waals surface area contributed by atoms with E-state index in [2.05, 4.69) is 25.1 Å². The molecule has 1 spiro atoms. The van der Waals surface area contributed by atoms with Crippen LogP contribution in [0.5, 0.6) is 5.75 Å². The Hall–Kier alpha value is -1.02. The molecule has 0 saturated heterocycles. The highest BCUT2D eigenvalue weighted by atomic mass is 16.5. The van der Waals surface area contributed by atoms with Crippen molar-refractivity contribution in [1.29, 1.82) is 0 Å². The molecule has 0 bridgehead atoms. The van der Waals surface area contributed by atoms with Crippen molar-refractivity contribution in [2.24, 2.45) is 11.1 Å². The molecule has 2 atom stereocenters. The van der Waals surface area contributed by atoms with Gasteiger partial charge in [0, 0.05) is 17.9 Å². The molecule has 2 aliphatic rings. The van der Waals surface area contributed by atoms with Gasteiger partial charge < -0.3 is 10.5 Å². The number of para-hydroxylation sites is 1. The second kappa shape index (κ2) is 4.02. The Morgan fingerprint density at radius 3 is 2.59 bits per heavy atom. The van der Waals surface area contributed by atoms with Gasteiger partial charge in [0.05, 0.1) is 0 Å². The lowest BCUT2D eigenvalue weighted by Crippen LogP contribution is -2.62. The van der Waals surface area contributed by atoms with Gasteiger partial charge in [-0.1, -0.05) is 31.0 Å². The molecule has 2 nitrogen and oxygen atoms in total. The summed E-state index contributed by atoms with van der Waals surface area (Å²) in [6.07, 6.45) is 6.52. The summed E-state index contributed by atoms with van der Waals surface area (Å²) in [5.41, 5.74) is 7.74. The Labute approximate surface area is 103 Å². The van der Waals surface area contributed by atoms with Crippen LogP contribution in [0.25, 0.3) is 0 Å². The van der Waals surface area contributed by atoms with Crippen LogP contribution in [-0.2, 0) is 0 Å². The van der Waals surface area contributed by atoms with E-state index in [1.165, 1.54) is 31.2 Å². The Morgan fingerprint density at radius 1 is 1.24 bits per heavy atom. The highest BCUT2D eigenvalue weighted by molar-refractivity contribution is 5.32. The van der Waals surface area contributed by atoms with Crippen molar-refractivity contribution < 1.29 is 4.74 Å². The quantitative estimate of drug-likeness (QED) is 0.849. The zero-order valence-electron chi connectivity index (χ0n) is 10.5. The van der Waals surface area contributed by atoms with Crippen LogP contribution < -0.4 is 10.5 Å². The van der Waals surface area contributed by atoms with Crippen molar-refractivity contribution in [2.45, 2.75) is 51.2 Å². The minimum absolute atomic E-state index is 0.294. The largest absolute Gasteiger partial charge is 0.489 e. The first kappa shape index (κ1) is 11.1. The lowest BCUT2D eigenvalue weighted by atomic mass is 9.61. The van der Waals surface area contributed by atoms with Crippen molar-refractivity contribution in [3.05, 3.63) is 29.8 Å². The van der Waals surface area contributed by atoms with Crippen molar-refractivity contribution in [3.63, 3.8) is 0 Å². The third kappa shape index (κ3) is 1.66. The van der Waals surface area contributed by atoms with Gasteiger partial charge in [-0.3, -0.25) is 0 Å². The standard InChI is InChI=1S/C15H21NO/c1-11-6-2-3-7-12(11)17-14-10-13(16)15(14)8-4-5-9-15/h2-3,6-7,13-14H,4-5,8-10,16H2,1H3. The zero-order chi connectivity index (χ0) is 11.9. The number of hydrogen-bond donors (Lipinski definition) is 1. The van der Waals surface area contributed by atoms with Crippen molar-refractivity contribution in [1.82, 2.24) is 0 Å². The molecule has 1 aromatic carbocycles. The van der Waals surface area contributed by atoms with E-state index in [0.717, 1.165) is 12.2 Å². The molecule has 2 heteroatoms. The number of nitrogens with two attached hydrogens (primary N) is 1. The fraction of sp³-hybridized carbons (Fsp3) is 0.600. The van der Waals surface area contributed by atoms with Crippen LogP contribution >= 0.6 is 0 Å². The average Bonchev–Trinajstić information content (AvgIpc) is 2.83. The van der Waals surface area contributed by atoms with Crippen molar-refractivity contribution >= 4 is 0 Å². The maximum Gasteiger partial charge on any atom is 0.122 e. The topological polar surface area (TPSA) is 35.2 Å². The molecule has 0 aromatic heterocycles. The van der Waals surface area contributed by atoms with E-state index in [1.54, 1.807) is 0 Å². The average molecular weight is 231 g/mol. The number of rotatable bonds is 2. The second-order valence-corrected chi connectivity index (χ2v) is 5.65. The van der Waals surface area contributed by atoms with Gasteiger partial charge in [-0.05, 0) is 31.4 Å². The van der Waals surface area contributed by atoms with Gasteiger partial charge in [-0.15, -0.1) is 0 Å². The smallest absolute Gasteiger partial charge is 0.122 e. The van der Waals surface area contributed by atoms with Crippen molar-refractivity contribution in [3.8, 4) is 5.75 Å². The van der Waals surface area contributed by atoms with Gasteiger partial charge in [0.15, 0.2) is 0 Å². The molecule has 2 saturated carbocycles. The fourth-order valence-electron chi connectivity index (χ4n) is 3.51. The maximum atomic E-state index is 6.22. The fourth-order valence-corrected chi connectivity index (χ4v) is 3.51. The molecule has 0 radical (unpaired) electrons. The number of aryl methyl sites for hydroxylation is 1. The molecule has 17 heavy (non-hydrogen) atoms. The summed E-state index contributed by atoms with van der Waals surface area (Å²) in [5, 5.41) is 0. The Bertz CT molecular complexity index is 409. The van der Waals surface area contributed by atoms with Crippen LogP contribution in [0.4, 0.5) is 0 Å². The van der Waals surface area contributed by atoms with Crippen LogP contribution in [0, 0.1) is 12.3 Å². The molecule has 92 valence electrons. The molecule has 2 unspecified atom stereocenters. The van der Waals surface area contributed by atoms with Crippen LogP contribution in [0.3, 0.4) is 0 Å². The van der Waals surface area contributed by atoms with E-state index in [4.69, 9.17) is 10.5 Å². The summed E-state index contributed by atoms with van der Waals surface area (Å²) in [5.74, 6) is 1.04. The lowest BCUT2D eigenvalue weighted by molar-refractivity contribution is -0.0623. The highest BCUT2D eigenvalue weighted by Crippen LogP contribution is 2.53. The third-order valence-corrected chi connectivity index (χ3v) is 4.74. The first-order valence-corrected chi connectivity index (χ1v) is 6.70. The van der Waals surface area contributed by atoms with Crippen LogP contribution in [0.1, 0.15) is 37.7 Å². The minimum atomic E-state index is 0.294. The van der Waals surface area contributed by atoms with E-state index < -0.39 is 0 Å². The van der Waals surface area contributed by atoms with Gasteiger partial charge in [-0.2, -0.15) is 0 Å². The van der Waals surface area contributed by atoms with Gasteiger partial charge in [0.1, 0.15) is 11.9 Å². The lowest BCUT2D eigenvalue weighted by Gasteiger charge is -2.52. The normalized spacial score (nSPS) is 30.2. The first-order valence-electron chi connectivity index (χ1n) is 6.70. The Balaban J connectivity index is 1.77. The molecule has 2 N–H and O–H groups in total. The van der Waals surface area contributed by atoms with Crippen LogP contribution in [0.15, 0.2) is 24.3 Å². The zero-order valence-corrected chi connectivity index (χ0v) is 10.5. The number of benzene rings is 1. The van der Waals surface area contributed by atoms with Gasteiger partial charge in [0.25, 0.3) is 0 Å². The molecule has 0 amide bonds. The SMILES string of the molecule is Cc1ccccc1OC1CC(N)C12CCCC2. The number of hydrogen-bond acceptors (Lipinski definition) is 2. The molecule has 1 aromatic rings. The highest BCUT2D eigenvalue weighted by Gasteiger charge is 2.56. The van der Waals surface area contributed by atoms with E-state index in [0.29, 0.717) is 17.6 Å². The van der Waals surface area contributed by atoms with E-state index in [1.807, 2.05) is 6.07 Å². The van der Waals surface area contributed by atoms with Crippen LogP contribution in [0.2, 0.25) is 0 Å².